The Morgan fingerprint density at radius 1 is 1.09 bits per heavy atom. The van der Waals surface area contributed by atoms with E-state index < -0.39 is 0 Å². The molecule has 0 aliphatic heterocycles. The Balaban J connectivity index is 2.32. The van der Waals surface area contributed by atoms with Crippen LogP contribution < -0.4 is 9.47 Å². The van der Waals surface area contributed by atoms with Gasteiger partial charge >= 0.3 is 5.97 Å². The van der Waals surface area contributed by atoms with Crippen LogP contribution in [0.15, 0.2) is 42.5 Å². The fourth-order valence-corrected chi connectivity index (χ4v) is 2.19. The van der Waals surface area contributed by atoms with Gasteiger partial charge in [0.1, 0.15) is 6.61 Å². The first kappa shape index (κ1) is 16.4. The highest BCUT2D eigenvalue weighted by molar-refractivity contribution is 5.74. The first-order valence-corrected chi connectivity index (χ1v) is 7.08. The summed E-state index contributed by atoms with van der Waals surface area (Å²) in [7, 11) is 2.96. The van der Waals surface area contributed by atoms with Crippen molar-refractivity contribution >= 4 is 5.97 Å². The van der Waals surface area contributed by atoms with Crippen LogP contribution in [0.2, 0.25) is 0 Å². The number of terminal acetylenes is 1. The molecular formula is C19H18O4. The average Bonchev–Trinajstić information content (AvgIpc) is 2.59. The normalized spacial score (nSPS) is 9.78. The summed E-state index contributed by atoms with van der Waals surface area (Å²) in [6, 6.07) is 13.3. The lowest BCUT2D eigenvalue weighted by Crippen LogP contribution is -2.04. The molecule has 0 bridgehead atoms. The van der Waals surface area contributed by atoms with Crippen molar-refractivity contribution < 1.29 is 19.0 Å². The first-order chi connectivity index (χ1) is 11.2. The Bertz CT molecular complexity index is 728. The van der Waals surface area contributed by atoms with E-state index in [0.717, 1.165) is 16.7 Å². The number of methoxy groups -OCH3 is 2. The Morgan fingerprint density at radius 3 is 2.57 bits per heavy atom. The Morgan fingerprint density at radius 2 is 1.87 bits per heavy atom. The second-order valence-corrected chi connectivity index (χ2v) is 4.81. The van der Waals surface area contributed by atoms with Crippen LogP contribution >= 0.6 is 0 Å². The number of esters is 1. The van der Waals surface area contributed by atoms with Crippen LogP contribution in [0.5, 0.6) is 11.5 Å². The van der Waals surface area contributed by atoms with Gasteiger partial charge in [-0.3, -0.25) is 4.79 Å². The molecule has 2 aromatic rings. The first-order valence-electron chi connectivity index (χ1n) is 7.08. The molecule has 0 fully saturated rings. The molecule has 0 saturated carbocycles. The molecule has 0 aliphatic carbocycles. The summed E-state index contributed by atoms with van der Waals surface area (Å²) in [6.07, 6.45) is 5.47. The van der Waals surface area contributed by atoms with Crippen molar-refractivity contribution in [2.45, 2.75) is 6.42 Å². The molecular weight excluding hydrogens is 292 g/mol. The number of ether oxygens (including phenoxy) is 3. The second-order valence-electron chi connectivity index (χ2n) is 4.81. The van der Waals surface area contributed by atoms with Gasteiger partial charge in [-0.25, -0.2) is 0 Å². The molecule has 0 N–H and O–H groups in total. The fraction of sp³-hybridized carbons (Fsp3) is 0.211. The molecule has 0 atom stereocenters. The predicted octanol–water partition coefficient (Wildman–Crippen LogP) is 3.09. The minimum absolute atomic E-state index is 0.169. The van der Waals surface area contributed by atoms with Crippen molar-refractivity contribution in [1.29, 1.82) is 0 Å². The Kier molecular flexibility index (Phi) is 5.65. The van der Waals surface area contributed by atoms with Gasteiger partial charge in [-0.05, 0) is 28.8 Å². The molecule has 2 rings (SSSR count). The summed E-state index contributed by atoms with van der Waals surface area (Å²) >= 11 is 0. The smallest absolute Gasteiger partial charge is 0.309 e. The van der Waals surface area contributed by atoms with Gasteiger partial charge in [-0.1, -0.05) is 36.3 Å². The third-order valence-electron chi connectivity index (χ3n) is 3.31. The van der Waals surface area contributed by atoms with Crippen LogP contribution in [0, 0.1) is 12.3 Å². The lowest BCUT2D eigenvalue weighted by molar-refractivity contribution is -0.139. The summed E-state index contributed by atoms with van der Waals surface area (Å²) < 4.78 is 15.5. The molecule has 4 heteroatoms. The average molecular weight is 310 g/mol. The number of carbonyl (C=O) groups excluding carboxylic acids is 1. The zero-order valence-corrected chi connectivity index (χ0v) is 13.2. The second kappa shape index (κ2) is 7.90. The summed E-state index contributed by atoms with van der Waals surface area (Å²) in [4.78, 5) is 11.4. The lowest BCUT2D eigenvalue weighted by Gasteiger charge is -2.11. The van der Waals surface area contributed by atoms with Crippen LogP contribution in [-0.4, -0.2) is 26.8 Å². The lowest BCUT2D eigenvalue weighted by atomic mass is 10.0. The number of hydrogen-bond acceptors (Lipinski definition) is 4. The fourth-order valence-electron chi connectivity index (χ4n) is 2.19. The van der Waals surface area contributed by atoms with E-state index in [0.29, 0.717) is 11.5 Å². The van der Waals surface area contributed by atoms with Gasteiger partial charge in [0.15, 0.2) is 11.5 Å². The number of hydrogen-bond donors (Lipinski definition) is 0. The summed E-state index contributed by atoms with van der Waals surface area (Å²) in [5.74, 6) is 3.37. The molecule has 2 aromatic carbocycles. The summed E-state index contributed by atoms with van der Waals surface area (Å²) in [5, 5.41) is 0. The van der Waals surface area contributed by atoms with Crippen molar-refractivity contribution in [3.63, 3.8) is 0 Å². The van der Waals surface area contributed by atoms with Gasteiger partial charge in [0, 0.05) is 0 Å². The van der Waals surface area contributed by atoms with Crippen molar-refractivity contribution in [2.24, 2.45) is 0 Å². The Labute approximate surface area is 136 Å². The zero-order valence-electron chi connectivity index (χ0n) is 13.2. The largest absolute Gasteiger partial charge is 0.493 e. The van der Waals surface area contributed by atoms with E-state index in [1.54, 1.807) is 7.11 Å². The molecule has 118 valence electrons. The zero-order chi connectivity index (χ0) is 16.7. The monoisotopic (exact) mass is 310 g/mol. The van der Waals surface area contributed by atoms with E-state index in [4.69, 9.17) is 20.6 Å². The maximum Gasteiger partial charge on any atom is 0.309 e. The van der Waals surface area contributed by atoms with Crippen LogP contribution in [0.3, 0.4) is 0 Å². The number of carbonyl (C=O) groups is 1. The standard InChI is InChI=1S/C19H18O4/c1-4-10-23-18-13-16(8-9-17(18)21-2)15-7-5-6-14(11-15)12-19(20)22-3/h1,5-9,11,13H,10,12H2,2-3H3. The van der Waals surface area contributed by atoms with Gasteiger partial charge in [-0.15, -0.1) is 6.42 Å². The molecule has 0 heterocycles. The van der Waals surface area contributed by atoms with E-state index in [-0.39, 0.29) is 19.0 Å². The number of rotatable bonds is 6. The van der Waals surface area contributed by atoms with Crippen LogP contribution in [-0.2, 0) is 16.0 Å². The summed E-state index contributed by atoms with van der Waals surface area (Å²) in [5.41, 5.74) is 2.81. The highest BCUT2D eigenvalue weighted by Crippen LogP contribution is 2.32. The highest BCUT2D eigenvalue weighted by Gasteiger charge is 2.09. The van der Waals surface area contributed by atoms with E-state index in [9.17, 15) is 4.79 Å². The molecule has 4 nitrogen and oxygen atoms in total. The molecule has 0 amide bonds. The van der Waals surface area contributed by atoms with Crippen LogP contribution in [0.25, 0.3) is 11.1 Å². The van der Waals surface area contributed by atoms with Crippen LogP contribution in [0.4, 0.5) is 0 Å². The van der Waals surface area contributed by atoms with Gasteiger partial charge < -0.3 is 14.2 Å². The number of benzene rings is 2. The van der Waals surface area contributed by atoms with Crippen molar-refractivity contribution in [3.8, 4) is 35.0 Å². The molecule has 0 radical (unpaired) electrons. The third kappa shape index (κ3) is 4.27. The maximum absolute atomic E-state index is 11.4. The molecule has 0 aromatic heterocycles. The molecule has 0 spiro atoms. The van der Waals surface area contributed by atoms with Gasteiger partial charge in [-0.2, -0.15) is 0 Å². The molecule has 0 unspecified atom stereocenters. The molecule has 0 saturated heterocycles. The van der Waals surface area contributed by atoms with E-state index in [1.165, 1.54) is 7.11 Å². The van der Waals surface area contributed by atoms with Crippen molar-refractivity contribution in [3.05, 3.63) is 48.0 Å². The van der Waals surface area contributed by atoms with Crippen LogP contribution in [0.1, 0.15) is 5.56 Å². The minimum atomic E-state index is -0.269. The predicted molar refractivity (Wildman–Crippen MR) is 88.5 cm³/mol. The molecule has 0 aliphatic rings. The van der Waals surface area contributed by atoms with Crippen molar-refractivity contribution in [1.82, 2.24) is 0 Å². The molecule has 23 heavy (non-hydrogen) atoms. The van der Waals surface area contributed by atoms with E-state index >= 15 is 0 Å². The van der Waals surface area contributed by atoms with Gasteiger partial charge in [0.05, 0.1) is 20.6 Å². The third-order valence-corrected chi connectivity index (χ3v) is 3.31. The van der Waals surface area contributed by atoms with Gasteiger partial charge in [0.25, 0.3) is 0 Å². The van der Waals surface area contributed by atoms with E-state index in [1.807, 2.05) is 42.5 Å². The maximum atomic E-state index is 11.4. The minimum Gasteiger partial charge on any atom is -0.493 e. The van der Waals surface area contributed by atoms with Crippen molar-refractivity contribution in [2.75, 3.05) is 20.8 Å². The van der Waals surface area contributed by atoms with Gasteiger partial charge in [0.2, 0.25) is 0 Å². The SMILES string of the molecule is C#CCOc1cc(-c2cccc(CC(=O)OC)c2)ccc1OC. The highest BCUT2D eigenvalue weighted by atomic mass is 16.5. The van der Waals surface area contributed by atoms with E-state index in [2.05, 4.69) is 5.92 Å². The quantitative estimate of drug-likeness (QED) is 0.607. The Hall–Kier alpha value is -2.93. The summed E-state index contributed by atoms with van der Waals surface area (Å²) in [6.45, 7) is 0.169. The topological polar surface area (TPSA) is 44.8 Å².